The van der Waals surface area contributed by atoms with E-state index in [9.17, 15) is 13.2 Å². The molecule has 148 valence electrons. The molecule has 0 bridgehead atoms. The Morgan fingerprint density at radius 3 is 2.21 bits per heavy atom. The lowest BCUT2D eigenvalue weighted by Crippen LogP contribution is -2.11. The zero-order valence-corrected chi connectivity index (χ0v) is 17.9. The maximum Gasteiger partial charge on any atom is 0.348 e. The summed E-state index contributed by atoms with van der Waals surface area (Å²) in [7, 11) is 2.23. The van der Waals surface area contributed by atoms with E-state index in [2.05, 4.69) is 0 Å². The molecule has 0 unspecified atom stereocenters. The Kier molecular flexibility index (Phi) is 6.48. The number of hydrogen-bond acceptors (Lipinski definition) is 5. The molecule has 3 aromatic rings. The van der Waals surface area contributed by atoms with Crippen LogP contribution in [0.4, 0.5) is 0 Å². The molecule has 2 radical (unpaired) electrons. The van der Waals surface area contributed by atoms with E-state index in [0.29, 0.717) is 21.0 Å². The summed E-state index contributed by atoms with van der Waals surface area (Å²) in [6, 6.07) is 13.3. The Hall–Kier alpha value is -2.13. The summed E-state index contributed by atoms with van der Waals surface area (Å²) in [4.78, 5) is 13.9. The molecule has 0 spiro atoms. The van der Waals surface area contributed by atoms with Gasteiger partial charge in [0.05, 0.1) is 19.3 Å². The third-order valence-electron chi connectivity index (χ3n) is 4.25. The van der Waals surface area contributed by atoms with E-state index in [0.717, 1.165) is 16.0 Å². The lowest BCUT2D eigenvalue weighted by molar-refractivity contribution is 0.0533. The largest absolute Gasteiger partial charge is 0.462 e. The predicted octanol–water partition coefficient (Wildman–Crippen LogP) is 4.23. The van der Waals surface area contributed by atoms with Crippen LogP contribution in [0.25, 0.3) is 21.6 Å². The molecule has 2 N–H and O–H groups in total. The minimum atomic E-state index is -3.82. The highest BCUT2D eigenvalue weighted by Gasteiger charge is 2.25. The van der Waals surface area contributed by atoms with Crippen molar-refractivity contribution in [1.29, 1.82) is 0 Å². The number of carbonyl (C=O) groups excluding carboxylic acids is 1. The van der Waals surface area contributed by atoms with E-state index < -0.39 is 16.0 Å². The molecule has 0 saturated carbocycles. The monoisotopic (exact) mass is 445 g/mol. The van der Waals surface area contributed by atoms with Gasteiger partial charge in [0.15, 0.2) is 0 Å². The van der Waals surface area contributed by atoms with Crippen molar-refractivity contribution < 1.29 is 17.9 Å². The first-order chi connectivity index (χ1) is 13.8. The third-order valence-corrected chi connectivity index (χ3v) is 6.69. The molecule has 1 aromatic heterocycles. The van der Waals surface area contributed by atoms with Crippen molar-refractivity contribution >= 4 is 46.8 Å². The summed E-state index contributed by atoms with van der Waals surface area (Å²) < 4.78 is 28.3. The average molecular weight is 446 g/mol. The number of rotatable bonds is 6. The lowest BCUT2D eigenvalue weighted by atomic mass is 9.88. The second-order valence-corrected chi connectivity index (χ2v) is 9.13. The molecule has 0 fully saturated rings. The molecule has 0 aliphatic carbocycles. The quantitative estimate of drug-likeness (QED) is 0.454. The van der Waals surface area contributed by atoms with Gasteiger partial charge in [-0.1, -0.05) is 42.2 Å². The normalized spacial score (nSPS) is 11.4. The van der Waals surface area contributed by atoms with Crippen molar-refractivity contribution in [1.82, 2.24) is 0 Å². The molecule has 2 aromatic carbocycles. The van der Waals surface area contributed by atoms with Gasteiger partial charge in [-0.15, -0.1) is 11.3 Å². The number of esters is 1. The highest BCUT2D eigenvalue weighted by molar-refractivity contribution is 7.89. The molecular weight excluding hydrogens is 429 g/mol. The van der Waals surface area contributed by atoms with E-state index in [1.165, 1.54) is 23.5 Å². The van der Waals surface area contributed by atoms with E-state index >= 15 is 0 Å². The highest BCUT2D eigenvalue weighted by atomic mass is 35.5. The second-order valence-electron chi connectivity index (χ2n) is 6.11. The van der Waals surface area contributed by atoms with Gasteiger partial charge in [-0.2, -0.15) is 0 Å². The fourth-order valence-corrected chi connectivity index (χ4v) is 4.84. The number of benzene rings is 2. The van der Waals surface area contributed by atoms with Gasteiger partial charge in [-0.25, -0.2) is 18.4 Å². The summed E-state index contributed by atoms with van der Waals surface area (Å²) in [5.41, 5.74) is 2.92. The van der Waals surface area contributed by atoms with Crippen LogP contribution in [-0.4, -0.2) is 28.8 Å². The van der Waals surface area contributed by atoms with Crippen molar-refractivity contribution in [2.24, 2.45) is 5.14 Å². The van der Waals surface area contributed by atoms with Crippen molar-refractivity contribution in [3.63, 3.8) is 0 Å². The number of hydrogen-bond donors (Lipinski definition) is 1. The highest BCUT2D eigenvalue weighted by Crippen LogP contribution is 2.43. The first-order valence-electron chi connectivity index (χ1n) is 8.68. The number of primary sulfonamides is 1. The Labute approximate surface area is 179 Å². The number of sulfonamides is 1. The van der Waals surface area contributed by atoms with Crippen LogP contribution < -0.4 is 5.14 Å². The van der Waals surface area contributed by atoms with Gasteiger partial charge < -0.3 is 4.74 Å². The van der Waals surface area contributed by atoms with E-state index in [-0.39, 0.29) is 17.8 Å². The second kappa shape index (κ2) is 8.71. The van der Waals surface area contributed by atoms with E-state index in [1.807, 2.05) is 12.1 Å². The fraction of sp³-hybridized carbons (Fsp3) is 0.150. The number of nitrogens with two attached hydrogens (primary N) is 1. The van der Waals surface area contributed by atoms with Crippen LogP contribution in [0.15, 0.2) is 53.4 Å². The maximum absolute atomic E-state index is 12.6. The standard InChI is InChI=1S/C20H17BClNO4S2/c1-2-27-20(24)19-17(12-5-9-15(10-6-12)29(23,25)26)16(11-21)18(28-19)13-3-7-14(22)8-4-13/h3-10H,2,11H2,1H3,(H2,23,25,26). The van der Waals surface area contributed by atoms with Crippen molar-refractivity contribution in [3.05, 3.63) is 64.0 Å². The van der Waals surface area contributed by atoms with Crippen LogP contribution in [0.5, 0.6) is 0 Å². The van der Waals surface area contributed by atoms with Crippen LogP contribution in [0, 0.1) is 0 Å². The molecular formula is C20H17BClNO4S2. The molecule has 1 heterocycles. The van der Waals surface area contributed by atoms with Crippen molar-refractivity contribution in [3.8, 4) is 21.6 Å². The Morgan fingerprint density at radius 2 is 1.69 bits per heavy atom. The van der Waals surface area contributed by atoms with Gasteiger partial charge in [0.2, 0.25) is 10.0 Å². The van der Waals surface area contributed by atoms with Crippen LogP contribution >= 0.6 is 22.9 Å². The molecule has 0 atom stereocenters. The fourth-order valence-electron chi connectivity index (χ4n) is 2.95. The van der Waals surface area contributed by atoms with Gasteiger partial charge in [0.1, 0.15) is 4.88 Å². The van der Waals surface area contributed by atoms with Crippen LogP contribution in [0.2, 0.25) is 5.02 Å². The Morgan fingerprint density at radius 1 is 1.10 bits per heavy atom. The summed E-state index contributed by atoms with van der Waals surface area (Å²) >= 11 is 7.28. The van der Waals surface area contributed by atoms with Gasteiger partial charge in [-0.3, -0.25) is 0 Å². The predicted molar refractivity (Wildman–Crippen MR) is 117 cm³/mol. The number of carbonyl (C=O) groups is 1. The molecule has 29 heavy (non-hydrogen) atoms. The number of ether oxygens (including phenoxy) is 1. The van der Waals surface area contributed by atoms with Crippen molar-refractivity contribution in [2.75, 3.05) is 6.61 Å². The van der Waals surface area contributed by atoms with Crippen LogP contribution in [0.3, 0.4) is 0 Å². The van der Waals surface area contributed by atoms with Gasteiger partial charge >= 0.3 is 5.97 Å². The number of thiophene rings is 1. The summed E-state index contributed by atoms with van der Waals surface area (Å²) in [6.07, 6.45) is 0.181. The Balaban J connectivity index is 2.23. The van der Waals surface area contributed by atoms with Gasteiger partial charge in [0, 0.05) is 15.5 Å². The van der Waals surface area contributed by atoms with Crippen molar-refractivity contribution in [2.45, 2.75) is 18.1 Å². The zero-order valence-electron chi connectivity index (χ0n) is 15.5. The minimum absolute atomic E-state index is 0.0126. The first-order valence-corrected chi connectivity index (χ1v) is 11.4. The summed E-state index contributed by atoms with van der Waals surface area (Å²) in [5, 5.41) is 5.78. The maximum atomic E-state index is 12.6. The zero-order chi connectivity index (χ0) is 21.2. The van der Waals surface area contributed by atoms with E-state index in [4.69, 9.17) is 29.3 Å². The van der Waals surface area contributed by atoms with Gasteiger partial charge in [0.25, 0.3) is 0 Å². The molecule has 0 aliphatic rings. The molecule has 0 saturated heterocycles. The Bertz CT molecular complexity index is 1140. The third kappa shape index (κ3) is 4.56. The van der Waals surface area contributed by atoms with Gasteiger partial charge in [-0.05, 0) is 47.9 Å². The van der Waals surface area contributed by atoms with E-state index in [1.54, 1.807) is 31.2 Å². The average Bonchev–Trinajstić information content (AvgIpc) is 3.08. The topological polar surface area (TPSA) is 86.5 Å². The first kappa shape index (κ1) is 21.6. The molecule has 9 heteroatoms. The SMILES string of the molecule is [B]Cc1c(-c2ccc(Cl)cc2)sc(C(=O)OCC)c1-c1ccc(S(N)(=O)=O)cc1. The lowest BCUT2D eigenvalue weighted by Gasteiger charge is -2.09. The smallest absolute Gasteiger partial charge is 0.348 e. The summed E-state index contributed by atoms with van der Waals surface area (Å²) in [6.45, 7) is 1.96. The molecule has 0 amide bonds. The molecule has 5 nitrogen and oxygen atoms in total. The van der Waals surface area contributed by atoms with Crippen LogP contribution in [0.1, 0.15) is 22.2 Å². The minimum Gasteiger partial charge on any atom is -0.462 e. The molecule has 3 rings (SSSR count). The summed E-state index contributed by atoms with van der Waals surface area (Å²) in [5.74, 6) is -0.460. The molecule has 0 aliphatic heterocycles. The number of halogens is 1. The van der Waals surface area contributed by atoms with Crippen LogP contribution in [-0.2, 0) is 21.1 Å².